The highest BCUT2D eigenvalue weighted by atomic mass is 16.1. The van der Waals surface area contributed by atoms with E-state index in [0.29, 0.717) is 23.4 Å². The van der Waals surface area contributed by atoms with Crippen molar-refractivity contribution in [1.82, 2.24) is 14.9 Å². The number of H-pyrrole nitrogens is 1. The van der Waals surface area contributed by atoms with Gasteiger partial charge in [-0.15, -0.1) is 0 Å². The molecule has 0 saturated heterocycles. The van der Waals surface area contributed by atoms with Crippen molar-refractivity contribution in [1.29, 1.82) is 0 Å². The zero-order valence-corrected chi connectivity index (χ0v) is 12.6. The number of fused-ring (bicyclic) bond motifs is 1. The van der Waals surface area contributed by atoms with Gasteiger partial charge in [0.2, 0.25) is 5.95 Å². The lowest BCUT2D eigenvalue weighted by atomic mass is 9.89. The molecule has 1 aliphatic carbocycles. The van der Waals surface area contributed by atoms with Gasteiger partial charge in [0, 0.05) is 12.1 Å². The van der Waals surface area contributed by atoms with Crippen molar-refractivity contribution in [2.45, 2.75) is 37.8 Å². The van der Waals surface area contributed by atoms with Gasteiger partial charge in [-0.1, -0.05) is 25.0 Å². The first kappa shape index (κ1) is 14.1. The second kappa shape index (κ2) is 5.85. The number of likely N-dealkylation sites (N-methyl/N-ethyl adjacent to an activating group) is 1. The summed E-state index contributed by atoms with van der Waals surface area (Å²) in [7, 11) is 4.22. The number of aromatic amines is 1. The van der Waals surface area contributed by atoms with Gasteiger partial charge >= 0.3 is 0 Å². The highest BCUT2D eigenvalue weighted by Crippen LogP contribution is 2.24. The Morgan fingerprint density at radius 2 is 2.00 bits per heavy atom. The third kappa shape index (κ3) is 2.93. The summed E-state index contributed by atoms with van der Waals surface area (Å²) >= 11 is 0. The number of rotatable bonds is 3. The van der Waals surface area contributed by atoms with Crippen LogP contribution in [0.5, 0.6) is 0 Å². The molecule has 2 N–H and O–H groups in total. The zero-order chi connectivity index (χ0) is 14.8. The van der Waals surface area contributed by atoms with E-state index in [1.807, 2.05) is 18.2 Å². The summed E-state index contributed by atoms with van der Waals surface area (Å²) in [5.41, 5.74) is 0.654. The van der Waals surface area contributed by atoms with E-state index < -0.39 is 0 Å². The first-order valence-corrected chi connectivity index (χ1v) is 7.57. The number of hydrogen-bond donors (Lipinski definition) is 2. The highest BCUT2D eigenvalue weighted by molar-refractivity contribution is 5.78. The Morgan fingerprint density at radius 3 is 2.81 bits per heavy atom. The van der Waals surface area contributed by atoms with Gasteiger partial charge in [-0.25, -0.2) is 4.98 Å². The van der Waals surface area contributed by atoms with Crippen LogP contribution in [0.2, 0.25) is 0 Å². The Morgan fingerprint density at radius 1 is 1.24 bits per heavy atom. The summed E-state index contributed by atoms with van der Waals surface area (Å²) in [5, 5.41) is 4.07. The quantitative estimate of drug-likeness (QED) is 0.908. The van der Waals surface area contributed by atoms with Gasteiger partial charge in [-0.05, 0) is 39.1 Å². The maximum absolute atomic E-state index is 12.1. The molecule has 1 aromatic carbocycles. The number of hydrogen-bond acceptors (Lipinski definition) is 4. The highest BCUT2D eigenvalue weighted by Gasteiger charge is 2.27. The number of aromatic nitrogens is 2. The fourth-order valence-corrected chi connectivity index (χ4v) is 3.23. The smallest absolute Gasteiger partial charge is 0.260 e. The number of benzene rings is 1. The molecule has 2 aromatic rings. The minimum absolute atomic E-state index is 0.0830. The molecular formula is C16H22N4O. The third-order valence-electron chi connectivity index (χ3n) is 4.33. The summed E-state index contributed by atoms with van der Waals surface area (Å²) in [6, 6.07) is 8.25. The maximum atomic E-state index is 12.1. The molecule has 1 fully saturated rings. The minimum Gasteiger partial charge on any atom is -0.351 e. The topological polar surface area (TPSA) is 61.0 Å². The first-order chi connectivity index (χ1) is 10.1. The van der Waals surface area contributed by atoms with Crippen LogP contribution in [-0.2, 0) is 0 Å². The molecule has 1 saturated carbocycles. The number of para-hydroxylation sites is 1. The summed E-state index contributed by atoms with van der Waals surface area (Å²) < 4.78 is 0. The largest absolute Gasteiger partial charge is 0.351 e. The predicted octanol–water partition coefficient (Wildman–Crippen LogP) is 2.21. The van der Waals surface area contributed by atoms with E-state index in [2.05, 4.69) is 34.3 Å². The molecule has 0 radical (unpaired) electrons. The molecular weight excluding hydrogens is 264 g/mol. The SMILES string of the molecule is CN(C)[C@@H]1CCCC[C@H]1Nc1nc2ccccc2c(=O)[nH]1. The van der Waals surface area contributed by atoms with Crippen molar-refractivity contribution in [3.63, 3.8) is 0 Å². The molecule has 5 heteroatoms. The van der Waals surface area contributed by atoms with Gasteiger partial charge in [0.05, 0.1) is 10.9 Å². The first-order valence-electron chi connectivity index (χ1n) is 7.57. The zero-order valence-electron chi connectivity index (χ0n) is 12.6. The second-order valence-electron chi connectivity index (χ2n) is 6.00. The Labute approximate surface area is 124 Å². The van der Waals surface area contributed by atoms with E-state index in [4.69, 9.17) is 0 Å². The monoisotopic (exact) mass is 286 g/mol. The summed E-state index contributed by atoms with van der Waals surface area (Å²) in [5.74, 6) is 0.581. The third-order valence-corrected chi connectivity index (χ3v) is 4.33. The van der Waals surface area contributed by atoms with Crippen LogP contribution in [0.3, 0.4) is 0 Å². The number of nitrogens with one attached hydrogen (secondary N) is 2. The van der Waals surface area contributed by atoms with Crippen molar-refractivity contribution in [3.05, 3.63) is 34.6 Å². The molecule has 0 bridgehead atoms. The van der Waals surface area contributed by atoms with E-state index in [-0.39, 0.29) is 5.56 Å². The summed E-state index contributed by atoms with van der Waals surface area (Å²) in [6.45, 7) is 0. The van der Waals surface area contributed by atoms with Gasteiger partial charge in [0.25, 0.3) is 5.56 Å². The van der Waals surface area contributed by atoms with Gasteiger partial charge in [0.15, 0.2) is 0 Å². The molecule has 0 unspecified atom stereocenters. The van der Waals surface area contributed by atoms with Crippen LogP contribution in [0.15, 0.2) is 29.1 Å². The van der Waals surface area contributed by atoms with Crippen molar-refractivity contribution < 1.29 is 0 Å². The van der Waals surface area contributed by atoms with E-state index in [1.165, 1.54) is 19.3 Å². The molecule has 21 heavy (non-hydrogen) atoms. The molecule has 1 heterocycles. The predicted molar refractivity (Wildman–Crippen MR) is 85.7 cm³/mol. The van der Waals surface area contributed by atoms with Crippen molar-refractivity contribution >= 4 is 16.9 Å². The average molecular weight is 286 g/mol. The fraction of sp³-hybridized carbons (Fsp3) is 0.500. The van der Waals surface area contributed by atoms with Crippen LogP contribution >= 0.6 is 0 Å². The molecule has 0 spiro atoms. The molecule has 2 atom stereocenters. The molecule has 3 rings (SSSR count). The Kier molecular flexibility index (Phi) is 3.92. The lowest BCUT2D eigenvalue weighted by Crippen LogP contribution is -2.45. The van der Waals surface area contributed by atoms with E-state index >= 15 is 0 Å². The van der Waals surface area contributed by atoms with Gasteiger partial charge in [-0.3, -0.25) is 9.78 Å². The van der Waals surface area contributed by atoms with Crippen LogP contribution in [0.1, 0.15) is 25.7 Å². The van der Waals surface area contributed by atoms with Crippen LogP contribution in [0.4, 0.5) is 5.95 Å². The van der Waals surface area contributed by atoms with Crippen LogP contribution < -0.4 is 10.9 Å². The van der Waals surface area contributed by atoms with Crippen LogP contribution in [-0.4, -0.2) is 41.0 Å². The van der Waals surface area contributed by atoms with Crippen LogP contribution in [0, 0.1) is 0 Å². The minimum atomic E-state index is -0.0830. The molecule has 5 nitrogen and oxygen atoms in total. The second-order valence-corrected chi connectivity index (χ2v) is 6.00. The van der Waals surface area contributed by atoms with Gasteiger partial charge in [0.1, 0.15) is 0 Å². The Bertz CT molecular complexity index is 679. The van der Waals surface area contributed by atoms with Crippen molar-refractivity contribution in [3.8, 4) is 0 Å². The summed E-state index contributed by atoms with van der Waals surface area (Å²) in [4.78, 5) is 21.8. The molecule has 1 aliphatic rings. The normalized spacial score (nSPS) is 22.6. The average Bonchev–Trinajstić information content (AvgIpc) is 2.47. The van der Waals surface area contributed by atoms with Gasteiger partial charge in [-0.2, -0.15) is 0 Å². The Balaban J connectivity index is 1.88. The van der Waals surface area contributed by atoms with E-state index in [9.17, 15) is 4.79 Å². The Hall–Kier alpha value is -1.88. The van der Waals surface area contributed by atoms with E-state index in [1.54, 1.807) is 6.07 Å². The standard InChI is InChI=1S/C16H22N4O/c1-20(2)14-10-6-5-9-13(14)18-16-17-12-8-4-3-7-11(12)15(21)19-16/h3-4,7-8,13-14H,5-6,9-10H2,1-2H3,(H2,17,18,19,21)/t13-,14-/m1/s1. The summed E-state index contributed by atoms with van der Waals surface area (Å²) in [6.07, 6.45) is 4.78. The lowest BCUT2D eigenvalue weighted by Gasteiger charge is -2.36. The van der Waals surface area contributed by atoms with Crippen LogP contribution in [0.25, 0.3) is 10.9 Å². The molecule has 112 valence electrons. The van der Waals surface area contributed by atoms with Crippen molar-refractivity contribution in [2.24, 2.45) is 0 Å². The number of nitrogens with zero attached hydrogens (tertiary/aromatic N) is 2. The molecule has 0 aliphatic heterocycles. The maximum Gasteiger partial charge on any atom is 0.260 e. The van der Waals surface area contributed by atoms with Gasteiger partial charge < -0.3 is 10.2 Å². The molecule has 1 aromatic heterocycles. The van der Waals surface area contributed by atoms with E-state index in [0.717, 1.165) is 11.9 Å². The van der Waals surface area contributed by atoms with Crippen molar-refractivity contribution in [2.75, 3.05) is 19.4 Å². The molecule has 0 amide bonds. The number of anilines is 1. The fourth-order valence-electron chi connectivity index (χ4n) is 3.23. The lowest BCUT2D eigenvalue weighted by molar-refractivity contribution is 0.211.